The molecule has 0 nitrogen and oxygen atoms in total. The monoisotopic (exact) mass is 211 g/mol. The van der Waals surface area contributed by atoms with Crippen LogP contribution in [0, 0.1) is 23.7 Å². The predicted molar refractivity (Wildman–Crippen MR) is 70.8 cm³/mol. The Morgan fingerprint density at radius 2 is 1.53 bits per heavy atom. The maximum absolute atomic E-state index is 2.56. The van der Waals surface area contributed by atoms with Crippen LogP contribution in [0.25, 0.3) is 0 Å². The van der Waals surface area contributed by atoms with Crippen LogP contribution in [0.3, 0.4) is 0 Å². The Labute approximate surface area is 97.8 Å². The van der Waals surface area contributed by atoms with Gasteiger partial charge < -0.3 is 0 Å². The Morgan fingerprint density at radius 1 is 1.00 bits per heavy atom. The number of rotatable bonds is 8. The first kappa shape index (κ1) is 15.0. The van der Waals surface area contributed by atoms with E-state index in [2.05, 4.69) is 48.0 Å². The summed E-state index contributed by atoms with van der Waals surface area (Å²) in [5, 5.41) is 0. The standard InChI is InChI=1S/C15H31/c1-7-9-13(3)11-12-15(5,6)14(4)10-8-2/h12-14H,7-11H2,1-6H3. The van der Waals surface area contributed by atoms with Crippen molar-refractivity contribution < 1.29 is 0 Å². The molecule has 91 valence electrons. The lowest BCUT2D eigenvalue weighted by Gasteiger charge is -2.32. The van der Waals surface area contributed by atoms with Crippen molar-refractivity contribution in [2.45, 2.75) is 73.6 Å². The lowest BCUT2D eigenvalue weighted by Crippen LogP contribution is -2.23. The smallest absolute Gasteiger partial charge is 0.0297 e. The summed E-state index contributed by atoms with van der Waals surface area (Å²) < 4.78 is 0. The van der Waals surface area contributed by atoms with Crippen LogP contribution in [0.2, 0.25) is 0 Å². The maximum atomic E-state index is 2.56. The zero-order valence-corrected chi connectivity index (χ0v) is 11.8. The van der Waals surface area contributed by atoms with Crippen molar-refractivity contribution in [1.29, 1.82) is 0 Å². The van der Waals surface area contributed by atoms with Gasteiger partial charge >= 0.3 is 0 Å². The molecule has 0 saturated carbocycles. The molecule has 0 heteroatoms. The highest BCUT2D eigenvalue weighted by atomic mass is 14.3. The molecule has 2 unspecified atom stereocenters. The predicted octanol–water partition coefficient (Wildman–Crippen LogP) is 5.48. The third kappa shape index (κ3) is 6.22. The van der Waals surface area contributed by atoms with E-state index in [0.717, 1.165) is 11.8 Å². The van der Waals surface area contributed by atoms with E-state index in [1.165, 1.54) is 32.1 Å². The first-order chi connectivity index (χ1) is 6.94. The van der Waals surface area contributed by atoms with Crippen LogP contribution in [-0.2, 0) is 0 Å². The highest BCUT2D eigenvalue weighted by molar-refractivity contribution is 4.89. The highest BCUT2D eigenvalue weighted by Gasteiger charge is 2.25. The minimum absolute atomic E-state index is 0.415. The molecule has 0 aromatic rings. The molecular formula is C15H31. The molecule has 2 atom stereocenters. The molecule has 0 aromatic heterocycles. The summed E-state index contributed by atoms with van der Waals surface area (Å²) in [5.74, 6) is 1.68. The summed E-state index contributed by atoms with van der Waals surface area (Å²) in [6.45, 7) is 14.1. The highest BCUT2D eigenvalue weighted by Crippen LogP contribution is 2.35. The largest absolute Gasteiger partial charge is 0.0654 e. The Bertz CT molecular complexity index is 146. The molecule has 0 aromatic carbocycles. The van der Waals surface area contributed by atoms with Crippen molar-refractivity contribution in [1.82, 2.24) is 0 Å². The summed E-state index contributed by atoms with van der Waals surface area (Å²) in [6, 6.07) is 0. The van der Waals surface area contributed by atoms with Crippen molar-refractivity contribution in [2.75, 3.05) is 0 Å². The van der Waals surface area contributed by atoms with Gasteiger partial charge in [0.1, 0.15) is 0 Å². The molecule has 0 heterocycles. The summed E-state index contributed by atoms with van der Waals surface area (Å²) in [6.07, 6.45) is 9.20. The Kier molecular flexibility index (Phi) is 7.30. The second-order valence-electron chi connectivity index (χ2n) is 5.84. The van der Waals surface area contributed by atoms with E-state index in [1.807, 2.05) is 0 Å². The van der Waals surface area contributed by atoms with Crippen molar-refractivity contribution in [3.8, 4) is 0 Å². The van der Waals surface area contributed by atoms with Gasteiger partial charge in [-0.05, 0) is 30.1 Å². The minimum atomic E-state index is 0.415. The lowest BCUT2D eigenvalue weighted by molar-refractivity contribution is 0.247. The van der Waals surface area contributed by atoms with Crippen molar-refractivity contribution in [3.63, 3.8) is 0 Å². The molecule has 15 heavy (non-hydrogen) atoms. The molecule has 0 bridgehead atoms. The van der Waals surface area contributed by atoms with Gasteiger partial charge in [-0.3, -0.25) is 0 Å². The molecule has 0 fully saturated rings. The average molecular weight is 211 g/mol. The van der Waals surface area contributed by atoms with Gasteiger partial charge in [-0.15, -0.1) is 0 Å². The van der Waals surface area contributed by atoms with E-state index in [9.17, 15) is 0 Å². The average Bonchev–Trinajstić information content (AvgIpc) is 2.16. The van der Waals surface area contributed by atoms with Crippen molar-refractivity contribution >= 4 is 0 Å². The van der Waals surface area contributed by atoms with Gasteiger partial charge in [0.15, 0.2) is 0 Å². The molecule has 0 aliphatic rings. The van der Waals surface area contributed by atoms with Crippen molar-refractivity contribution in [2.24, 2.45) is 17.3 Å². The summed E-state index contributed by atoms with van der Waals surface area (Å²) >= 11 is 0. The van der Waals surface area contributed by atoms with Crippen LogP contribution >= 0.6 is 0 Å². The van der Waals surface area contributed by atoms with E-state index in [-0.39, 0.29) is 0 Å². The van der Waals surface area contributed by atoms with E-state index < -0.39 is 0 Å². The summed E-state index contributed by atoms with van der Waals surface area (Å²) in [5.41, 5.74) is 0.415. The molecule has 1 radical (unpaired) electrons. The third-order valence-electron chi connectivity index (χ3n) is 3.82. The normalized spacial score (nSPS) is 16.4. The van der Waals surface area contributed by atoms with Crippen LogP contribution in [0.15, 0.2) is 0 Å². The van der Waals surface area contributed by atoms with E-state index in [1.54, 1.807) is 0 Å². The van der Waals surface area contributed by atoms with Crippen LogP contribution in [0.1, 0.15) is 73.6 Å². The first-order valence-corrected chi connectivity index (χ1v) is 6.78. The van der Waals surface area contributed by atoms with Crippen molar-refractivity contribution in [3.05, 3.63) is 6.42 Å². The van der Waals surface area contributed by atoms with Crippen LogP contribution in [0.4, 0.5) is 0 Å². The molecule has 0 saturated heterocycles. The fourth-order valence-corrected chi connectivity index (χ4v) is 2.12. The third-order valence-corrected chi connectivity index (χ3v) is 3.82. The van der Waals surface area contributed by atoms with Crippen LogP contribution in [0.5, 0.6) is 0 Å². The first-order valence-electron chi connectivity index (χ1n) is 6.78. The lowest BCUT2D eigenvalue weighted by atomic mass is 9.73. The molecule has 0 spiro atoms. The zero-order valence-electron chi connectivity index (χ0n) is 11.8. The summed E-state index contributed by atoms with van der Waals surface area (Å²) in [7, 11) is 0. The molecule has 0 amide bonds. The van der Waals surface area contributed by atoms with Gasteiger partial charge in [0, 0.05) is 0 Å². The van der Waals surface area contributed by atoms with E-state index >= 15 is 0 Å². The van der Waals surface area contributed by atoms with Gasteiger partial charge in [-0.2, -0.15) is 0 Å². The van der Waals surface area contributed by atoms with Gasteiger partial charge in [-0.25, -0.2) is 0 Å². The Balaban J connectivity index is 3.91. The Hall–Kier alpha value is 0. The van der Waals surface area contributed by atoms with E-state index in [0.29, 0.717) is 5.41 Å². The van der Waals surface area contributed by atoms with Gasteiger partial charge in [-0.1, -0.05) is 67.2 Å². The Morgan fingerprint density at radius 3 is 2.00 bits per heavy atom. The second-order valence-corrected chi connectivity index (χ2v) is 5.84. The van der Waals surface area contributed by atoms with Gasteiger partial charge in [0.2, 0.25) is 0 Å². The van der Waals surface area contributed by atoms with Crippen LogP contribution < -0.4 is 0 Å². The molecule has 0 aliphatic heterocycles. The van der Waals surface area contributed by atoms with E-state index in [4.69, 9.17) is 0 Å². The fourth-order valence-electron chi connectivity index (χ4n) is 2.12. The SMILES string of the molecule is CCCC(C)C[CH]C(C)(C)C(C)CCC. The van der Waals surface area contributed by atoms with Crippen LogP contribution in [-0.4, -0.2) is 0 Å². The maximum Gasteiger partial charge on any atom is -0.0297 e. The molecular weight excluding hydrogens is 180 g/mol. The quantitative estimate of drug-likeness (QED) is 0.499. The molecule has 0 rings (SSSR count). The fraction of sp³-hybridized carbons (Fsp3) is 0.933. The minimum Gasteiger partial charge on any atom is -0.0654 e. The summed E-state index contributed by atoms with van der Waals surface area (Å²) in [4.78, 5) is 0. The van der Waals surface area contributed by atoms with Gasteiger partial charge in [0.05, 0.1) is 0 Å². The molecule has 0 N–H and O–H groups in total. The number of hydrogen-bond donors (Lipinski definition) is 0. The topological polar surface area (TPSA) is 0 Å². The second kappa shape index (κ2) is 7.30. The zero-order chi connectivity index (χ0) is 11.9. The number of hydrogen-bond acceptors (Lipinski definition) is 0. The van der Waals surface area contributed by atoms with Gasteiger partial charge in [0.25, 0.3) is 0 Å². The molecule has 0 aliphatic carbocycles.